The number of rotatable bonds is 7. The lowest BCUT2D eigenvalue weighted by Crippen LogP contribution is -2.04. The quantitative estimate of drug-likeness (QED) is 0.590. The van der Waals surface area contributed by atoms with E-state index in [4.69, 9.17) is 28.5 Å². The molecule has 8 nitrogen and oxygen atoms in total. The first-order valence-corrected chi connectivity index (χ1v) is 7.44. The lowest BCUT2D eigenvalue weighted by atomic mass is 10.1. The molecule has 0 spiro atoms. The molecule has 1 aromatic carbocycles. The van der Waals surface area contributed by atoms with Crippen LogP contribution in [0.3, 0.4) is 0 Å². The minimum atomic E-state index is -0.655. The first-order valence-electron chi connectivity index (χ1n) is 7.44. The number of carbonyl (C=O) groups excluding carboxylic acids is 1. The van der Waals surface area contributed by atoms with Crippen molar-refractivity contribution in [2.45, 2.75) is 6.61 Å². The first kappa shape index (κ1) is 18.9. The zero-order valence-corrected chi connectivity index (χ0v) is 14.5. The molecule has 1 aromatic heterocycles. The van der Waals surface area contributed by atoms with E-state index in [0.29, 0.717) is 22.8 Å². The van der Waals surface area contributed by atoms with Gasteiger partial charge in [0.25, 0.3) is 0 Å². The van der Waals surface area contributed by atoms with Gasteiger partial charge in [-0.1, -0.05) is 0 Å². The Bertz CT molecular complexity index is 866. The maximum absolute atomic E-state index is 11.8. The summed E-state index contributed by atoms with van der Waals surface area (Å²) in [7, 11) is 4.49. The molecule has 8 heteroatoms. The normalized spacial score (nSPS) is 10.6. The van der Waals surface area contributed by atoms with Crippen molar-refractivity contribution >= 4 is 12.0 Å². The number of carbonyl (C=O) groups is 1. The van der Waals surface area contributed by atoms with E-state index in [1.807, 2.05) is 0 Å². The highest BCUT2D eigenvalue weighted by Gasteiger charge is 2.11. The van der Waals surface area contributed by atoms with Gasteiger partial charge < -0.3 is 28.5 Å². The van der Waals surface area contributed by atoms with Crippen molar-refractivity contribution in [1.29, 1.82) is 0 Å². The fraction of sp³-hybridized carbons (Fsp3) is 0.222. The van der Waals surface area contributed by atoms with Crippen LogP contribution in [0, 0.1) is 0 Å². The largest absolute Gasteiger partial charge is 0.502 e. The summed E-state index contributed by atoms with van der Waals surface area (Å²) >= 11 is 0. The Morgan fingerprint density at radius 2 is 1.73 bits per heavy atom. The van der Waals surface area contributed by atoms with Gasteiger partial charge in [-0.05, 0) is 12.1 Å². The third-order valence-electron chi connectivity index (χ3n) is 3.36. The number of methoxy groups -OCH3 is 3. The zero-order chi connectivity index (χ0) is 19.1. The van der Waals surface area contributed by atoms with Crippen molar-refractivity contribution in [2.24, 2.45) is 0 Å². The van der Waals surface area contributed by atoms with Crippen LogP contribution in [0.1, 0.15) is 11.3 Å². The lowest BCUT2D eigenvalue weighted by Gasteiger charge is -2.12. The van der Waals surface area contributed by atoms with E-state index in [0.717, 1.165) is 12.3 Å². The van der Waals surface area contributed by atoms with Crippen LogP contribution in [0.25, 0.3) is 6.08 Å². The Balaban J connectivity index is 2.09. The van der Waals surface area contributed by atoms with Crippen LogP contribution in [-0.4, -0.2) is 32.4 Å². The minimum absolute atomic E-state index is 0.109. The first-order chi connectivity index (χ1) is 12.5. The van der Waals surface area contributed by atoms with E-state index in [1.165, 1.54) is 33.5 Å². The molecule has 0 atom stereocenters. The van der Waals surface area contributed by atoms with Gasteiger partial charge in [0, 0.05) is 23.8 Å². The van der Waals surface area contributed by atoms with Crippen LogP contribution in [0.15, 0.2) is 39.7 Å². The molecule has 0 amide bonds. The SMILES string of the molecule is COc1cc(OC)c(OC)cc1/C=C/C(=O)OCc1cc(=O)c(O)co1. The van der Waals surface area contributed by atoms with Crippen LogP contribution < -0.4 is 19.6 Å². The van der Waals surface area contributed by atoms with Crippen molar-refractivity contribution < 1.29 is 33.3 Å². The summed E-state index contributed by atoms with van der Waals surface area (Å²) < 4.78 is 25.6. The number of benzene rings is 1. The van der Waals surface area contributed by atoms with Crippen LogP contribution in [-0.2, 0) is 16.1 Å². The lowest BCUT2D eigenvalue weighted by molar-refractivity contribution is -0.139. The molecule has 0 bridgehead atoms. The standard InChI is InChI=1S/C18H18O8/c1-22-15-8-17(24-3)16(23-2)6-11(15)4-5-18(21)26-9-12-7-13(19)14(20)10-25-12/h4-8,10,20H,9H2,1-3H3/b5-4+. The van der Waals surface area contributed by atoms with E-state index in [9.17, 15) is 9.59 Å². The van der Waals surface area contributed by atoms with Crippen LogP contribution >= 0.6 is 0 Å². The van der Waals surface area contributed by atoms with Crippen LogP contribution in [0.2, 0.25) is 0 Å². The maximum atomic E-state index is 11.8. The summed E-state index contributed by atoms with van der Waals surface area (Å²) in [5, 5.41) is 9.10. The molecule has 138 valence electrons. The molecule has 0 radical (unpaired) electrons. The van der Waals surface area contributed by atoms with Gasteiger partial charge in [-0.15, -0.1) is 0 Å². The van der Waals surface area contributed by atoms with Gasteiger partial charge in [0.2, 0.25) is 5.43 Å². The maximum Gasteiger partial charge on any atom is 0.331 e. The molecule has 2 aromatic rings. The van der Waals surface area contributed by atoms with Crippen molar-refractivity contribution in [1.82, 2.24) is 0 Å². The molecule has 0 saturated carbocycles. The van der Waals surface area contributed by atoms with Gasteiger partial charge in [-0.25, -0.2) is 4.79 Å². The van der Waals surface area contributed by atoms with Gasteiger partial charge in [0.15, 0.2) is 17.2 Å². The van der Waals surface area contributed by atoms with Gasteiger partial charge in [-0.2, -0.15) is 0 Å². The molecule has 2 rings (SSSR count). The van der Waals surface area contributed by atoms with E-state index in [-0.39, 0.29) is 12.4 Å². The molecule has 0 unspecified atom stereocenters. The molecular weight excluding hydrogens is 344 g/mol. The predicted octanol–water partition coefficient (Wildman–Crippen LogP) is 2.13. The van der Waals surface area contributed by atoms with E-state index < -0.39 is 17.1 Å². The number of hydrogen-bond acceptors (Lipinski definition) is 8. The van der Waals surface area contributed by atoms with Gasteiger partial charge in [-0.3, -0.25) is 4.79 Å². The third-order valence-corrected chi connectivity index (χ3v) is 3.36. The molecule has 0 aliphatic heterocycles. The fourth-order valence-corrected chi connectivity index (χ4v) is 2.05. The molecule has 26 heavy (non-hydrogen) atoms. The molecule has 1 N–H and O–H groups in total. The second kappa shape index (κ2) is 8.61. The summed E-state index contributed by atoms with van der Waals surface area (Å²) in [6, 6.07) is 4.33. The van der Waals surface area contributed by atoms with Gasteiger partial charge in [0.05, 0.1) is 21.3 Å². The predicted molar refractivity (Wildman–Crippen MR) is 91.6 cm³/mol. The number of aromatic hydroxyl groups is 1. The molecule has 0 aliphatic carbocycles. The average molecular weight is 362 g/mol. The van der Waals surface area contributed by atoms with Gasteiger partial charge >= 0.3 is 5.97 Å². The monoisotopic (exact) mass is 362 g/mol. The highest BCUT2D eigenvalue weighted by Crippen LogP contribution is 2.35. The highest BCUT2D eigenvalue weighted by molar-refractivity contribution is 5.87. The summed E-state index contributed by atoms with van der Waals surface area (Å²) in [6.45, 7) is -0.248. The van der Waals surface area contributed by atoms with Crippen molar-refractivity contribution in [2.75, 3.05) is 21.3 Å². The summed E-state index contributed by atoms with van der Waals surface area (Å²) in [6.07, 6.45) is 3.58. The number of hydrogen-bond donors (Lipinski definition) is 1. The van der Waals surface area contributed by atoms with Crippen LogP contribution in [0.4, 0.5) is 0 Å². The van der Waals surface area contributed by atoms with Crippen molar-refractivity contribution in [3.05, 3.63) is 52.1 Å². The molecule has 0 fully saturated rings. The van der Waals surface area contributed by atoms with E-state index >= 15 is 0 Å². The highest BCUT2D eigenvalue weighted by atomic mass is 16.5. The minimum Gasteiger partial charge on any atom is -0.502 e. The third kappa shape index (κ3) is 4.56. The molecule has 1 heterocycles. The Hall–Kier alpha value is -3.42. The Labute approximate surface area is 149 Å². The van der Waals surface area contributed by atoms with Crippen molar-refractivity contribution in [3.8, 4) is 23.0 Å². The summed E-state index contributed by atoms with van der Waals surface area (Å²) in [4.78, 5) is 23.1. The second-order valence-corrected chi connectivity index (χ2v) is 4.99. The summed E-state index contributed by atoms with van der Waals surface area (Å²) in [5.41, 5.74) is -0.0360. The van der Waals surface area contributed by atoms with E-state index in [2.05, 4.69) is 0 Å². The van der Waals surface area contributed by atoms with Crippen LogP contribution in [0.5, 0.6) is 23.0 Å². The second-order valence-electron chi connectivity index (χ2n) is 4.99. The topological polar surface area (TPSA) is 104 Å². The Morgan fingerprint density at radius 1 is 1.08 bits per heavy atom. The Morgan fingerprint density at radius 3 is 2.35 bits per heavy atom. The molecule has 0 aliphatic rings. The fourth-order valence-electron chi connectivity index (χ4n) is 2.05. The Kier molecular flexibility index (Phi) is 6.26. The van der Waals surface area contributed by atoms with E-state index in [1.54, 1.807) is 12.1 Å². The molecular formula is C18H18O8. The molecule has 0 saturated heterocycles. The smallest absolute Gasteiger partial charge is 0.331 e. The average Bonchev–Trinajstić information content (AvgIpc) is 2.66. The number of ether oxygens (including phenoxy) is 4. The summed E-state index contributed by atoms with van der Waals surface area (Å²) in [5.74, 6) is 0.395. The number of esters is 1. The van der Waals surface area contributed by atoms with Crippen molar-refractivity contribution in [3.63, 3.8) is 0 Å². The zero-order valence-electron chi connectivity index (χ0n) is 14.5. The van der Waals surface area contributed by atoms with Gasteiger partial charge in [0.1, 0.15) is 24.4 Å².